The fraction of sp³-hybridized carbons (Fsp3) is 0.538. The van der Waals surface area contributed by atoms with Gasteiger partial charge in [-0.05, 0) is 25.2 Å². The van der Waals surface area contributed by atoms with Crippen molar-refractivity contribution < 1.29 is 17.9 Å². The molecule has 0 unspecified atom stereocenters. The van der Waals surface area contributed by atoms with E-state index in [0.717, 1.165) is 19.6 Å². The highest BCUT2D eigenvalue weighted by Crippen LogP contribution is 2.29. The number of anilines is 1. The summed E-state index contributed by atoms with van der Waals surface area (Å²) in [6.45, 7) is 7.26. The van der Waals surface area contributed by atoms with Gasteiger partial charge in [-0.15, -0.1) is 13.2 Å². The summed E-state index contributed by atoms with van der Waals surface area (Å²) in [5.41, 5.74) is 0.354. The number of nitrogens with zero attached hydrogens (tertiary/aromatic N) is 1. The highest BCUT2D eigenvalue weighted by Gasteiger charge is 2.31. The lowest BCUT2D eigenvalue weighted by Gasteiger charge is -2.19. The van der Waals surface area contributed by atoms with Gasteiger partial charge in [-0.1, -0.05) is 26.0 Å². The Morgan fingerprint density at radius 1 is 1.16 bits per heavy atom. The molecule has 108 valence electrons. The van der Waals surface area contributed by atoms with Crippen LogP contribution in [0.5, 0.6) is 5.75 Å². The number of likely N-dealkylation sites (N-methyl/N-ethyl adjacent to an activating group) is 1. The Morgan fingerprint density at radius 3 is 2.37 bits per heavy atom. The highest BCUT2D eigenvalue weighted by molar-refractivity contribution is 5.56. The molecule has 1 aromatic rings. The van der Waals surface area contributed by atoms with Gasteiger partial charge in [-0.25, -0.2) is 0 Å². The number of rotatable bonds is 7. The number of benzene rings is 1. The van der Waals surface area contributed by atoms with Crippen LogP contribution in [0.25, 0.3) is 0 Å². The van der Waals surface area contributed by atoms with Crippen LogP contribution in [-0.2, 0) is 0 Å². The molecule has 1 N–H and O–H groups in total. The molecule has 0 bridgehead atoms. The summed E-state index contributed by atoms with van der Waals surface area (Å²) in [5, 5.41) is 2.97. The van der Waals surface area contributed by atoms with Crippen molar-refractivity contribution in [1.82, 2.24) is 4.90 Å². The number of ether oxygens (including phenoxy) is 1. The molecule has 0 aliphatic heterocycles. The molecule has 0 heterocycles. The monoisotopic (exact) mass is 276 g/mol. The van der Waals surface area contributed by atoms with Crippen LogP contribution in [0.3, 0.4) is 0 Å². The van der Waals surface area contributed by atoms with Crippen molar-refractivity contribution in [3.05, 3.63) is 24.3 Å². The first-order chi connectivity index (χ1) is 8.96. The van der Waals surface area contributed by atoms with E-state index in [2.05, 4.69) is 15.0 Å². The zero-order valence-electron chi connectivity index (χ0n) is 11.1. The Bertz CT molecular complexity index is 378. The van der Waals surface area contributed by atoms with E-state index in [1.165, 1.54) is 12.1 Å². The molecule has 0 aliphatic carbocycles. The first kappa shape index (κ1) is 15.6. The third-order valence-electron chi connectivity index (χ3n) is 2.75. The molecular weight excluding hydrogens is 257 g/mol. The predicted molar refractivity (Wildman–Crippen MR) is 69.4 cm³/mol. The van der Waals surface area contributed by atoms with Gasteiger partial charge in [0.2, 0.25) is 0 Å². The molecule has 1 rings (SSSR count). The van der Waals surface area contributed by atoms with E-state index in [4.69, 9.17) is 0 Å². The van der Waals surface area contributed by atoms with Crippen LogP contribution < -0.4 is 10.1 Å². The summed E-state index contributed by atoms with van der Waals surface area (Å²) in [6.07, 6.45) is -4.67. The van der Waals surface area contributed by atoms with Crippen LogP contribution >= 0.6 is 0 Å². The molecule has 1 aromatic carbocycles. The van der Waals surface area contributed by atoms with Gasteiger partial charge in [-0.3, -0.25) is 0 Å². The van der Waals surface area contributed by atoms with Crippen LogP contribution in [0.4, 0.5) is 18.9 Å². The minimum absolute atomic E-state index is 0.199. The van der Waals surface area contributed by atoms with E-state index in [1.54, 1.807) is 12.1 Å². The summed E-state index contributed by atoms with van der Waals surface area (Å²) in [4.78, 5) is 2.18. The Labute approximate surface area is 111 Å². The summed E-state index contributed by atoms with van der Waals surface area (Å²) in [7, 11) is 0. The van der Waals surface area contributed by atoms with Crippen molar-refractivity contribution in [2.24, 2.45) is 0 Å². The number of hydrogen-bond donors (Lipinski definition) is 1. The van der Waals surface area contributed by atoms with E-state index < -0.39 is 6.36 Å². The Kier molecular flexibility index (Phi) is 5.95. The summed E-state index contributed by atoms with van der Waals surface area (Å²) >= 11 is 0. The van der Waals surface area contributed by atoms with Crippen LogP contribution in [0.2, 0.25) is 0 Å². The molecule has 0 aliphatic rings. The quantitative estimate of drug-likeness (QED) is 0.826. The molecule has 0 radical (unpaired) electrons. The SMILES string of the molecule is CCN(CC)CCNc1ccccc1OC(F)(F)F. The molecule has 0 atom stereocenters. The molecule has 0 saturated heterocycles. The van der Waals surface area contributed by atoms with Gasteiger partial charge in [-0.2, -0.15) is 0 Å². The summed E-state index contributed by atoms with van der Waals surface area (Å²) in [6, 6.07) is 6.05. The third-order valence-corrected chi connectivity index (χ3v) is 2.75. The standard InChI is InChI=1S/C13H19F3N2O/c1-3-18(4-2)10-9-17-11-7-5-6-8-12(11)19-13(14,15)16/h5-8,17H,3-4,9-10H2,1-2H3. The molecule has 0 amide bonds. The van der Waals surface area contributed by atoms with Crippen molar-refractivity contribution >= 4 is 5.69 Å². The van der Waals surface area contributed by atoms with Gasteiger partial charge in [0.25, 0.3) is 0 Å². The van der Waals surface area contributed by atoms with Crippen molar-refractivity contribution in [1.29, 1.82) is 0 Å². The second kappa shape index (κ2) is 7.23. The Morgan fingerprint density at radius 2 is 1.79 bits per heavy atom. The normalized spacial score (nSPS) is 11.7. The van der Waals surface area contributed by atoms with Crippen molar-refractivity contribution in [2.45, 2.75) is 20.2 Å². The maximum Gasteiger partial charge on any atom is 0.573 e. The average Bonchev–Trinajstić information content (AvgIpc) is 2.35. The van der Waals surface area contributed by atoms with E-state index in [-0.39, 0.29) is 5.75 Å². The van der Waals surface area contributed by atoms with E-state index in [9.17, 15) is 13.2 Å². The van der Waals surface area contributed by atoms with Gasteiger partial charge in [0.05, 0.1) is 5.69 Å². The minimum atomic E-state index is -4.67. The summed E-state index contributed by atoms with van der Waals surface area (Å²) < 4.78 is 40.6. The first-order valence-corrected chi connectivity index (χ1v) is 6.27. The lowest BCUT2D eigenvalue weighted by atomic mass is 10.3. The fourth-order valence-corrected chi connectivity index (χ4v) is 1.71. The maximum atomic E-state index is 12.2. The molecule has 6 heteroatoms. The highest BCUT2D eigenvalue weighted by atomic mass is 19.4. The molecule has 0 spiro atoms. The number of alkyl halides is 3. The topological polar surface area (TPSA) is 24.5 Å². The largest absolute Gasteiger partial charge is 0.573 e. The zero-order chi connectivity index (χ0) is 14.3. The first-order valence-electron chi connectivity index (χ1n) is 6.27. The molecule has 19 heavy (non-hydrogen) atoms. The fourth-order valence-electron chi connectivity index (χ4n) is 1.71. The maximum absolute atomic E-state index is 12.2. The minimum Gasteiger partial charge on any atom is -0.404 e. The predicted octanol–water partition coefficient (Wildman–Crippen LogP) is 3.34. The van der Waals surface area contributed by atoms with Crippen LogP contribution in [0.15, 0.2) is 24.3 Å². The molecular formula is C13H19F3N2O. The second-order valence-corrected chi connectivity index (χ2v) is 4.00. The number of hydrogen-bond acceptors (Lipinski definition) is 3. The number of halogens is 3. The van der Waals surface area contributed by atoms with Crippen molar-refractivity contribution in [3.8, 4) is 5.75 Å². The average molecular weight is 276 g/mol. The second-order valence-electron chi connectivity index (χ2n) is 4.00. The van der Waals surface area contributed by atoms with E-state index in [1.807, 2.05) is 13.8 Å². The van der Waals surface area contributed by atoms with Gasteiger partial charge in [0, 0.05) is 13.1 Å². The van der Waals surface area contributed by atoms with Crippen LogP contribution in [0, 0.1) is 0 Å². The number of nitrogens with one attached hydrogen (secondary N) is 1. The number of para-hydroxylation sites is 2. The third kappa shape index (κ3) is 5.83. The van der Waals surface area contributed by atoms with Gasteiger partial charge in [0.15, 0.2) is 5.75 Å². The molecule has 0 aromatic heterocycles. The Hall–Kier alpha value is -1.43. The van der Waals surface area contributed by atoms with E-state index in [0.29, 0.717) is 12.2 Å². The lowest BCUT2D eigenvalue weighted by Crippen LogP contribution is -2.28. The zero-order valence-corrected chi connectivity index (χ0v) is 11.1. The van der Waals surface area contributed by atoms with Crippen LogP contribution in [-0.4, -0.2) is 37.4 Å². The van der Waals surface area contributed by atoms with Crippen molar-refractivity contribution in [3.63, 3.8) is 0 Å². The molecule has 3 nitrogen and oxygen atoms in total. The molecule has 0 fully saturated rings. The van der Waals surface area contributed by atoms with Crippen molar-refractivity contribution in [2.75, 3.05) is 31.5 Å². The molecule has 0 saturated carbocycles. The summed E-state index contributed by atoms with van der Waals surface area (Å²) in [5.74, 6) is -0.199. The van der Waals surface area contributed by atoms with E-state index >= 15 is 0 Å². The lowest BCUT2D eigenvalue weighted by molar-refractivity contribution is -0.274. The van der Waals surface area contributed by atoms with Gasteiger partial charge >= 0.3 is 6.36 Å². The Balaban J connectivity index is 2.58. The van der Waals surface area contributed by atoms with Gasteiger partial charge in [0.1, 0.15) is 0 Å². The van der Waals surface area contributed by atoms with Crippen LogP contribution in [0.1, 0.15) is 13.8 Å². The smallest absolute Gasteiger partial charge is 0.404 e. The van der Waals surface area contributed by atoms with Gasteiger partial charge < -0.3 is 15.0 Å².